The van der Waals surface area contributed by atoms with E-state index in [9.17, 15) is 4.79 Å². The first-order valence-electron chi connectivity index (χ1n) is 4.82. The van der Waals surface area contributed by atoms with Gasteiger partial charge in [-0.15, -0.1) is 0 Å². The monoisotopic (exact) mass is 209 g/mol. The Kier molecular flexibility index (Phi) is 4.12. The van der Waals surface area contributed by atoms with Crippen LogP contribution in [-0.4, -0.2) is 24.2 Å². The van der Waals surface area contributed by atoms with E-state index in [1.807, 2.05) is 13.0 Å². The number of carboxylic acid groups (broad SMARTS) is 1. The van der Waals surface area contributed by atoms with Crippen molar-refractivity contribution in [1.29, 1.82) is 0 Å². The van der Waals surface area contributed by atoms with Gasteiger partial charge < -0.3 is 15.6 Å². The van der Waals surface area contributed by atoms with Gasteiger partial charge in [0.2, 0.25) is 0 Å². The van der Waals surface area contributed by atoms with Crippen LogP contribution in [-0.2, 0) is 0 Å². The number of carboxylic acids is 1. The summed E-state index contributed by atoms with van der Waals surface area (Å²) >= 11 is 0. The first-order chi connectivity index (χ1) is 7.15. The maximum atomic E-state index is 10.9. The maximum absolute atomic E-state index is 10.9. The smallest absolute Gasteiger partial charge is 0.339 e. The zero-order valence-corrected chi connectivity index (χ0v) is 8.69. The second-order valence-corrected chi connectivity index (χ2v) is 3.30. The number of nitrogens with two attached hydrogens (primary N) is 1. The van der Waals surface area contributed by atoms with Gasteiger partial charge in [-0.1, -0.05) is 11.6 Å². The van der Waals surface area contributed by atoms with Crippen LogP contribution in [0.5, 0.6) is 5.75 Å². The van der Waals surface area contributed by atoms with E-state index >= 15 is 0 Å². The van der Waals surface area contributed by atoms with Crippen molar-refractivity contribution in [2.24, 2.45) is 5.73 Å². The van der Waals surface area contributed by atoms with Crippen LogP contribution < -0.4 is 10.5 Å². The molecule has 0 fully saturated rings. The zero-order valence-electron chi connectivity index (χ0n) is 8.69. The molecule has 0 bridgehead atoms. The summed E-state index contributed by atoms with van der Waals surface area (Å²) in [6, 6.07) is 5.10. The molecule has 0 amide bonds. The molecule has 0 heterocycles. The molecule has 82 valence electrons. The second-order valence-electron chi connectivity index (χ2n) is 3.30. The first kappa shape index (κ1) is 11.5. The molecule has 1 aromatic rings. The maximum Gasteiger partial charge on any atom is 0.339 e. The minimum absolute atomic E-state index is 0.201. The SMILES string of the molecule is Cc1ccc(OCCCN)c(C(=O)O)c1. The number of ether oxygens (including phenoxy) is 1. The number of hydrogen-bond acceptors (Lipinski definition) is 3. The largest absolute Gasteiger partial charge is 0.493 e. The summed E-state index contributed by atoms with van der Waals surface area (Å²) in [5, 5.41) is 8.94. The Morgan fingerprint density at radius 2 is 2.27 bits per heavy atom. The molecule has 3 N–H and O–H groups in total. The molecule has 0 saturated heterocycles. The normalized spacial score (nSPS) is 10.0. The summed E-state index contributed by atoms with van der Waals surface area (Å²) in [4.78, 5) is 10.9. The van der Waals surface area contributed by atoms with Crippen molar-refractivity contribution in [2.75, 3.05) is 13.2 Å². The summed E-state index contributed by atoms with van der Waals surface area (Å²) in [7, 11) is 0. The Balaban J connectivity index is 2.81. The molecule has 0 aliphatic heterocycles. The fraction of sp³-hybridized carbons (Fsp3) is 0.364. The molecule has 4 nitrogen and oxygen atoms in total. The minimum atomic E-state index is -0.971. The Hall–Kier alpha value is -1.55. The van der Waals surface area contributed by atoms with Crippen LogP contribution in [0.2, 0.25) is 0 Å². The van der Waals surface area contributed by atoms with E-state index in [4.69, 9.17) is 15.6 Å². The van der Waals surface area contributed by atoms with E-state index in [-0.39, 0.29) is 5.56 Å². The Morgan fingerprint density at radius 3 is 2.87 bits per heavy atom. The van der Waals surface area contributed by atoms with Gasteiger partial charge in [-0.3, -0.25) is 0 Å². The Labute approximate surface area is 88.7 Å². The minimum Gasteiger partial charge on any atom is -0.493 e. The number of benzene rings is 1. The molecule has 0 radical (unpaired) electrons. The van der Waals surface area contributed by atoms with E-state index in [0.29, 0.717) is 25.3 Å². The van der Waals surface area contributed by atoms with Crippen LogP contribution in [0.1, 0.15) is 22.3 Å². The molecule has 0 aliphatic rings. The van der Waals surface area contributed by atoms with E-state index in [2.05, 4.69) is 0 Å². The summed E-state index contributed by atoms with van der Waals surface area (Å²) in [6.45, 7) is 2.82. The van der Waals surface area contributed by atoms with Gasteiger partial charge >= 0.3 is 5.97 Å². The lowest BCUT2D eigenvalue weighted by Gasteiger charge is -2.08. The quantitative estimate of drug-likeness (QED) is 0.719. The van der Waals surface area contributed by atoms with Crippen LogP contribution in [0.4, 0.5) is 0 Å². The summed E-state index contributed by atoms with van der Waals surface area (Å²) in [5.41, 5.74) is 6.42. The molecule has 1 aromatic carbocycles. The molecular weight excluding hydrogens is 194 g/mol. The van der Waals surface area contributed by atoms with Crippen molar-refractivity contribution >= 4 is 5.97 Å². The lowest BCUT2D eigenvalue weighted by atomic mass is 10.1. The molecule has 0 aliphatic carbocycles. The van der Waals surface area contributed by atoms with E-state index in [1.54, 1.807) is 12.1 Å². The highest BCUT2D eigenvalue weighted by Gasteiger charge is 2.10. The van der Waals surface area contributed by atoms with Gasteiger partial charge in [0.25, 0.3) is 0 Å². The van der Waals surface area contributed by atoms with Crippen molar-refractivity contribution in [1.82, 2.24) is 0 Å². The zero-order chi connectivity index (χ0) is 11.3. The second kappa shape index (κ2) is 5.36. The highest BCUT2D eigenvalue weighted by Crippen LogP contribution is 2.20. The van der Waals surface area contributed by atoms with Gasteiger partial charge in [-0.25, -0.2) is 4.79 Å². The fourth-order valence-corrected chi connectivity index (χ4v) is 1.20. The number of rotatable bonds is 5. The predicted molar refractivity (Wildman–Crippen MR) is 57.3 cm³/mol. The lowest BCUT2D eigenvalue weighted by Crippen LogP contribution is -2.08. The third-order valence-electron chi connectivity index (χ3n) is 1.97. The van der Waals surface area contributed by atoms with Crippen molar-refractivity contribution in [2.45, 2.75) is 13.3 Å². The van der Waals surface area contributed by atoms with Crippen molar-refractivity contribution in [3.8, 4) is 5.75 Å². The molecule has 0 unspecified atom stereocenters. The summed E-state index contributed by atoms with van der Waals surface area (Å²) in [5.74, 6) is -0.567. The first-order valence-corrected chi connectivity index (χ1v) is 4.82. The molecule has 1 rings (SSSR count). The van der Waals surface area contributed by atoms with Crippen molar-refractivity contribution < 1.29 is 14.6 Å². The third kappa shape index (κ3) is 3.25. The lowest BCUT2D eigenvalue weighted by molar-refractivity contribution is 0.0692. The van der Waals surface area contributed by atoms with E-state index < -0.39 is 5.97 Å². The van der Waals surface area contributed by atoms with Crippen LogP contribution >= 0.6 is 0 Å². The van der Waals surface area contributed by atoms with Crippen LogP contribution in [0.3, 0.4) is 0 Å². The molecule has 0 atom stereocenters. The topological polar surface area (TPSA) is 72.5 Å². The highest BCUT2D eigenvalue weighted by atomic mass is 16.5. The molecular formula is C11H15NO3. The van der Waals surface area contributed by atoms with Gasteiger partial charge in [-0.2, -0.15) is 0 Å². The van der Waals surface area contributed by atoms with Gasteiger partial charge in [0.1, 0.15) is 11.3 Å². The molecule has 0 spiro atoms. The molecule has 4 heteroatoms. The van der Waals surface area contributed by atoms with Crippen LogP contribution in [0.15, 0.2) is 18.2 Å². The summed E-state index contributed by atoms with van der Waals surface area (Å²) in [6.07, 6.45) is 0.715. The highest BCUT2D eigenvalue weighted by molar-refractivity contribution is 5.91. The standard InChI is InChI=1S/C11H15NO3/c1-8-3-4-10(15-6-2-5-12)9(7-8)11(13)14/h3-4,7H,2,5-6,12H2,1H3,(H,13,14). The Bertz CT molecular complexity index is 350. The van der Waals surface area contributed by atoms with E-state index in [1.165, 1.54) is 0 Å². The average molecular weight is 209 g/mol. The average Bonchev–Trinajstić information content (AvgIpc) is 2.20. The van der Waals surface area contributed by atoms with Crippen molar-refractivity contribution in [3.63, 3.8) is 0 Å². The van der Waals surface area contributed by atoms with Crippen molar-refractivity contribution in [3.05, 3.63) is 29.3 Å². The van der Waals surface area contributed by atoms with Gasteiger partial charge in [-0.05, 0) is 32.0 Å². The van der Waals surface area contributed by atoms with Crippen LogP contribution in [0, 0.1) is 6.92 Å². The number of aromatic carboxylic acids is 1. The Morgan fingerprint density at radius 1 is 1.53 bits per heavy atom. The van der Waals surface area contributed by atoms with Gasteiger partial charge in [0.15, 0.2) is 0 Å². The molecule has 15 heavy (non-hydrogen) atoms. The fourth-order valence-electron chi connectivity index (χ4n) is 1.20. The number of aryl methyl sites for hydroxylation is 1. The van der Waals surface area contributed by atoms with Gasteiger partial charge in [0.05, 0.1) is 6.61 Å². The van der Waals surface area contributed by atoms with Crippen LogP contribution in [0.25, 0.3) is 0 Å². The number of carbonyl (C=O) groups is 1. The molecule has 0 aromatic heterocycles. The van der Waals surface area contributed by atoms with E-state index in [0.717, 1.165) is 5.56 Å². The molecule has 0 saturated carbocycles. The van der Waals surface area contributed by atoms with Gasteiger partial charge in [0, 0.05) is 0 Å². The summed E-state index contributed by atoms with van der Waals surface area (Å²) < 4.78 is 5.33. The third-order valence-corrected chi connectivity index (χ3v) is 1.97. The predicted octanol–water partition coefficient (Wildman–Crippen LogP) is 1.42. The number of hydrogen-bond donors (Lipinski definition) is 2.